The van der Waals surface area contributed by atoms with Gasteiger partial charge in [0.1, 0.15) is 36.3 Å². The molecule has 0 saturated carbocycles. The molecule has 11 nitrogen and oxygen atoms in total. The lowest BCUT2D eigenvalue weighted by atomic mass is 9.81. The smallest absolute Gasteiger partial charge is 0.245 e. The van der Waals surface area contributed by atoms with Crippen LogP contribution in [0, 0.1) is 5.82 Å². The Morgan fingerprint density at radius 1 is 1.28 bits per heavy atom. The maximum atomic E-state index is 15.5. The molecule has 1 amide bonds. The van der Waals surface area contributed by atoms with E-state index in [1.54, 1.807) is 39.4 Å². The molecule has 1 aliphatic rings. The number of nitrogens with zero attached hydrogens (tertiary/aromatic N) is 6. The predicted octanol–water partition coefficient (Wildman–Crippen LogP) is 4.75. The number of rotatable bonds is 9. The molecular formula is C29H30F2N8O3S. The summed E-state index contributed by atoms with van der Waals surface area (Å²) in [5, 5.41) is 6.72. The van der Waals surface area contributed by atoms with Crippen molar-refractivity contribution in [2.75, 3.05) is 33.1 Å². The van der Waals surface area contributed by atoms with Gasteiger partial charge in [0.05, 0.1) is 23.4 Å². The molecule has 2 N–H and O–H groups in total. The van der Waals surface area contributed by atoms with Gasteiger partial charge in [0.25, 0.3) is 0 Å². The Morgan fingerprint density at radius 2 is 2.12 bits per heavy atom. The minimum absolute atomic E-state index is 0.105. The minimum Gasteiger partial charge on any atom is -0.482 e. The summed E-state index contributed by atoms with van der Waals surface area (Å²) in [6.45, 7) is 1.07. The third-order valence-electron chi connectivity index (χ3n) is 6.82. The maximum absolute atomic E-state index is 15.5. The van der Waals surface area contributed by atoms with E-state index in [2.05, 4.69) is 35.6 Å². The third-order valence-corrected chi connectivity index (χ3v) is 8.04. The van der Waals surface area contributed by atoms with E-state index in [1.807, 2.05) is 6.92 Å². The average Bonchev–Trinajstić information content (AvgIpc) is 3.53. The first-order chi connectivity index (χ1) is 20.6. The van der Waals surface area contributed by atoms with Gasteiger partial charge in [-0.15, -0.1) is 0 Å². The number of ether oxygens (including phenoxy) is 1. The molecule has 2 atom stereocenters. The number of alkyl halides is 1. The quantitative estimate of drug-likeness (QED) is 0.257. The summed E-state index contributed by atoms with van der Waals surface area (Å²) in [5.74, 6) is 0.451. The van der Waals surface area contributed by atoms with Gasteiger partial charge in [-0.1, -0.05) is 17.8 Å². The third kappa shape index (κ3) is 6.58. The summed E-state index contributed by atoms with van der Waals surface area (Å²) in [5.41, 5.74) is 0.0738. The van der Waals surface area contributed by atoms with Crippen molar-refractivity contribution in [3.63, 3.8) is 0 Å². The number of hydrogen-bond acceptors (Lipinski definition) is 10. The molecule has 5 rings (SSSR count). The number of oxazole rings is 1. The first-order valence-corrected chi connectivity index (χ1v) is 14.0. The van der Waals surface area contributed by atoms with Crippen molar-refractivity contribution in [1.82, 2.24) is 30.2 Å². The van der Waals surface area contributed by atoms with Crippen molar-refractivity contribution in [3.8, 4) is 5.75 Å². The number of amidine groups is 1. The lowest BCUT2D eigenvalue weighted by Crippen LogP contribution is -2.55. The topological polar surface area (TPSA) is 131 Å². The van der Waals surface area contributed by atoms with Gasteiger partial charge >= 0.3 is 0 Å². The number of nitrogens with one attached hydrogen (secondary N) is 2. The fourth-order valence-corrected chi connectivity index (χ4v) is 5.94. The van der Waals surface area contributed by atoms with E-state index in [-0.39, 0.29) is 24.5 Å². The summed E-state index contributed by atoms with van der Waals surface area (Å²) in [6.07, 6.45) is 9.20. The highest BCUT2D eigenvalue weighted by Gasteiger charge is 2.47. The first kappa shape index (κ1) is 29.9. The predicted molar refractivity (Wildman–Crippen MR) is 160 cm³/mol. The monoisotopic (exact) mass is 608 g/mol. The summed E-state index contributed by atoms with van der Waals surface area (Å²) >= 11 is 1.35. The van der Waals surface area contributed by atoms with Crippen molar-refractivity contribution in [3.05, 3.63) is 78.7 Å². The van der Waals surface area contributed by atoms with Crippen molar-refractivity contribution < 1.29 is 22.7 Å². The van der Waals surface area contributed by atoms with Gasteiger partial charge in [-0.2, -0.15) is 0 Å². The van der Waals surface area contributed by atoms with Crippen LogP contribution in [0.1, 0.15) is 24.8 Å². The molecule has 224 valence electrons. The van der Waals surface area contributed by atoms with Crippen LogP contribution in [0.2, 0.25) is 0 Å². The van der Waals surface area contributed by atoms with Crippen LogP contribution >= 0.6 is 11.8 Å². The molecule has 1 aliphatic heterocycles. The number of halogens is 2. The molecule has 0 spiro atoms. The number of thioether (sulfide) groups is 1. The SMILES string of the molecule is CN=C1N[C@](CF)(c2cc(Nc3ncnc4cc(OCc5ncco5)cnc34)ccc2F)C[C@](C)(/C=C/C(=O)N(C)C)S1. The van der Waals surface area contributed by atoms with Crippen LogP contribution in [0.5, 0.6) is 5.75 Å². The summed E-state index contributed by atoms with van der Waals surface area (Å²) < 4.78 is 40.7. The number of amides is 1. The second kappa shape index (κ2) is 12.3. The van der Waals surface area contributed by atoms with E-state index >= 15 is 8.78 Å². The molecule has 0 bridgehead atoms. The Morgan fingerprint density at radius 3 is 2.84 bits per heavy atom. The summed E-state index contributed by atoms with van der Waals surface area (Å²) in [6, 6.07) is 6.06. The number of likely N-dealkylation sites (N-methyl/N-ethyl adjacent to an activating group) is 1. The number of hydrogen-bond donors (Lipinski definition) is 2. The number of benzene rings is 1. The maximum Gasteiger partial charge on any atom is 0.245 e. The molecule has 0 aliphatic carbocycles. The Balaban J connectivity index is 1.44. The van der Waals surface area contributed by atoms with Crippen molar-refractivity contribution in [2.45, 2.75) is 30.2 Å². The standard InChI is InChI=1S/C29H30F2N8O3S/c1-28(8-7-24(40)39(3)4)15-29(16-30,38-27(32-2)43-28)20-11-18(5-6-21(20)31)37-26-25-22(35-17-36-26)12-19(13-34-25)42-14-23-33-9-10-41-23/h5-13,17H,14-16H2,1-4H3,(H,32,38)(H,35,36,37)/b8-7+/t28-,29+/m0/s1. The van der Waals surface area contributed by atoms with Crippen LogP contribution in [-0.4, -0.2) is 68.5 Å². The minimum atomic E-state index is -1.46. The molecule has 14 heteroatoms. The van der Waals surface area contributed by atoms with Gasteiger partial charge in [-0.3, -0.25) is 9.79 Å². The highest BCUT2D eigenvalue weighted by atomic mass is 32.2. The number of aliphatic imine (C=N–C) groups is 1. The van der Waals surface area contributed by atoms with E-state index in [4.69, 9.17) is 9.15 Å². The van der Waals surface area contributed by atoms with Crippen LogP contribution in [0.25, 0.3) is 11.0 Å². The zero-order chi connectivity index (χ0) is 30.6. The number of aromatic nitrogens is 4. The van der Waals surface area contributed by atoms with E-state index in [0.29, 0.717) is 39.3 Å². The zero-order valence-electron chi connectivity index (χ0n) is 24.0. The van der Waals surface area contributed by atoms with Crippen LogP contribution < -0.4 is 15.4 Å². The highest BCUT2D eigenvalue weighted by Crippen LogP contribution is 2.46. The fourth-order valence-electron chi connectivity index (χ4n) is 4.71. The lowest BCUT2D eigenvalue weighted by molar-refractivity contribution is -0.123. The van der Waals surface area contributed by atoms with Crippen LogP contribution in [0.3, 0.4) is 0 Å². The molecule has 43 heavy (non-hydrogen) atoms. The van der Waals surface area contributed by atoms with E-state index in [1.165, 1.54) is 59.9 Å². The number of carbonyl (C=O) groups excluding carboxylic acids is 1. The van der Waals surface area contributed by atoms with Crippen molar-refractivity contribution in [2.24, 2.45) is 4.99 Å². The molecule has 4 aromatic rings. The van der Waals surface area contributed by atoms with Gasteiger partial charge < -0.3 is 24.7 Å². The number of pyridine rings is 1. The van der Waals surface area contributed by atoms with Crippen LogP contribution in [0.15, 0.2) is 70.8 Å². The molecule has 0 radical (unpaired) electrons. The second-order valence-electron chi connectivity index (χ2n) is 10.3. The Labute approximate surface area is 250 Å². The molecule has 4 heterocycles. The molecular weight excluding hydrogens is 578 g/mol. The Kier molecular flexibility index (Phi) is 8.57. The molecule has 1 saturated heterocycles. The van der Waals surface area contributed by atoms with Gasteiger partial charge in [-0.25, -0.2) is 28.7 Å². The molecule has 1 aromatic carbocycles. The molecule has 0 unspecified atom stereocenters. The Hall–Kier alpha value is -4.59. The molecule has 1 fully saturated rings. The van der Waals surface area contributed by atoms with E-state index in [9.17, 15) is 4.79 Å². The van der Waals surface area contributed by atoms with Gasteiger partial charge in [-0.05, 0) is 31.5 Å². The average molecular weight is 609 g/mol. The van der Waals surface area contributed by atoms with Crippen LogP contribution in [-0.2, 0) is 16.9 Å². The van der Waals surface area contributed by atoms with Crippen molar-refractivity contribution in [1.29, 1.82) is 0 Å². The van der Waals surface area contributed by atoms with Crippen LogP contribution in [0.4, 0.5) is 20.3 Å². The Bertz CT molecular complexity index is 1680. The lowest BCUT2D eigenvalue weighted by Gasteiger charge is -2.45. The van der Waals surface area contributed by atoms with Crippen molar-refractivity contribution >= 4 is 45.4 Å². The number of carbonyl (C=O) groups is 1. The van der Waals surface area contributed by atoms with E-state index < -0.39 is 22.8 Å². The second-order valence-corrected chi connectivity index (χ2v) is 11.8. The first-order valence-electron chi connectivity index (χ1n) is 13.2. The normalized spacial score (nSPS) is 21.2. The fraction of sp³-hybridized carbons (Fsp3) is 0.310. The van der Waals surface area contributed by atoms with Gasteiger partial charge in [0, 0.05) is 49.3 Å². The zero-order valence-corrected chi connectivity index (χ0v) is 24.8. The summed E-state index contributed by atoms with van der Waals surface area (Å²) in [7, 11) is 4.87. The number of anilines is 2. The summed E-state index contributed by atoms with van der Waals surface area (Å²) in [4.78, 5) is 35.0. The van der Waals surface area contributed by atoms with Gasteiger partial charge in [0.15, 0.2) is 17.6 Å². The number of fused-ring (bicyclic) bond motifs is 1. The van der Waals surface area contributed by atoms with Gasteiger partial charge in [0.2, 0.25) is 11.8 Å². The largest absolute Gasteiger partial charge is 0.482 e. The van der Waals surface area contributed by atoms with E-state index in [0.717, 1.165) is 0 Å². The molecule has 3 aromatic heterocycles. The highest BCUT2D eigenvalue weighted by molar-refractivity contribution is 8.15.